The summed E-state index contributed by atoms with van der Waals surface area (Å²) in [5, 5.41) is 9.70. The van der Waals surface area contributed by atoms with E-state index in [9.17, 15) is 0 Å². The highest BCUT2D eigenvalue weighted by Gasteiger charge is 2.20. The van der Waals surface area contributed by atoms with Crippen LogP contribution in [-0.4, -0.2) is 0 Å². The quantitative estimate of drug-likeness (QED) is 0.101. The maximum atomic E-state index is 2.41. The van der Waals surface area contributed by atoms with Crippen LogP contribution in [0, 0.1) is 0 Å². The van der Waals surface area contributed by atoms with Crippen molar-refractivity contribution in [2.75, 3.05) is 9.80 Å². The van der Waals surface area contributed by atoms with Crippen LogP contribution < -0.4 is 9.80 Å². The molecule has 0 unspecified atom stereocenters. The minimum absolute atomic E-state index is 1.07. The van der Waals surface area contributed by atoms with E-state index < -0.39 is 0 Å². The maximum absolute atomic E-state index is 2.41. The lowest BCUT2D eigenvalue weighted by Gasteiger charge is -2.27. The van der Waals surface area contributed by atoms with Gasteiger partial charge in [0.2, 0.25) is 0 Å². The molecule has 0 radical (unpaired) electrons. The van der Waals surface area contributed by atoms with Gasteiger partial charge in [-0.25, -0.2) is 0 Å². The van der Waals surface area contributed by atoms with Crippen molar-refractivity contribution in [3.63, 3.8) is 0 Å². The van der Waals surface area contributed by atoms with Gasteiger partial charge >= 0.3 is 0 Å². The number of hydrogen-bond donors (Lipinski definition) is 0. The summed E-state index contributed by atoms with van der Waals surface area (Å²) in [6.45, 7) is 0. The molecule has 478 valence electrons. The van der Waals surface area contributed by atoms with Crippen molar-refractivity contribution in [1.29, 1.82) is 0 Å². The van der Waals surface area contributed by atoms with Crippen LogP contribution in [0.3, 0.4) is 0 Å². The number of hydrogen-bond acceptors (Lipinski definition) is 2. The molecule has 0 N–H and O–H groups in total. The highest BCUT2D eigenvalue weighted by Crippen LogP contribution is 2.45. The smallest absolute Gasteiger partial charge is 0.0467 e. The van der Waals surface area contributed by atoms with E-state index in [2.05, 4.69) is 422 Å². The van der Waals surface area contributed by atoms with Gasteiger partial charge in [-0.3, -0.25) is 0 Å². The van der Waals surface area contributed by atoms with Gasteiger partial charge in [-0.1, -0.05) is 322 Å². The minimum atomic E-state index is 1.07. The first kappa shape index (κ1) is 61.0. The van der Waals surface area contributed by atoms with Crippen LogP contribution in [0.1, 0.15) is 0 Å². The van der Waals surface area contributed by atoms with Gasteiger partial charge in [-0.05, 0) is 234 Å². The molecule has 0 aliphatic carbocycles. The fourth-order valence-corrected chi connectivity index (χ4v) is 15.1. The van der Waals surface area contributed by atoms with Gasteiger partial charge in [0, 0.05) is 34.1 Å². The largest absolute Gasteiger partial charge is 0.310 e. The van der Waals surface area contributed by atoms with E-state index in [0.717, 1.165) is 67.5 Å². The van der Waals surface area contributed by atoms with Crippen molar-refractivity contribution >= 4 is 77.2 Å². The van der Waals surface area contributed by atoms with Crippen molar-refractivity contribution in [1.82, 2.24) is 0 Å². The van der Waals surface area contributed by atoms with Crippen molar-refractivity contribution in [2.24, 2.45) is 0 Å². The molecule has 18 aromatic carbocycles. The first-order valence-corrected chi connectivity index (χ1v) is 35.1. The van der Waals surface area contributed by atoms with Gasteiger partial charge in [0.15, 0.2) is 0 Å². The van der Waals surface area contributed by atoms with Crippen molar-refractivity contribution < 1.29 is 0 Å². The van der Waals surface area contributed by atoms with Crippen LogP contribution in [0.25, 0.3) is 143 Å². The Morgan fingerprint density at radius 3 is 0.814 bits per heavy atom. The van der Waals surface area contributed by atoms with Gasteiger partial charge in [0.1, 0.15) is 0 Å². The topological polar surface area (TPSA) is 6.48 Å². The Kier molecular flexibility index (Phi) is 16.0. The Balaban J connectivity index is 0.691. The predicted octanol–water partition coefficient (Wildman–Crippen LogP) is 28.2. The summed E-state index contributed by atoms with van der Waals surface area (Å²) < 4.78 is 0. The van der Waals surface area contributed by atoms with Crippen LogP contribution in [0.5, 0.6) is 0 Å². The molecule has 0 aliphatic heterocycles. The first-order valence-electron chi connectivity index (χ1n) is 35.1. The van der Waals surface area contributed by atoms with Crippen LogP contribution >= 0.6 is 0 Å². The zero-order valence-electron chi connectivity index (χ0n) is 56.2. The van der Waals surface area contributed by atoms with Crippen molar-refractivity contribution in [3.05, 3.63) is 413 Å². The van der Waals surface area contributed by atoms with Gasteiger partial charge < -0.3 is 9.80 Å². The molecule has 2 heteroatoms. The summed E-state index contributed by atoms with van der Waals surface area (Å²) in [6, 6.07) is 151. The predicted molar refractivity (Wildman–Crippen MR) is 435 cm³/mol. The Hall–Kier alpha value is -13.4. The molecule has 0 amide bonds. The van der Waals surface area contributed by atoms with Crippen molar-refractivity contribution in [2.45, 2.75) is 0 Å². The van der Waals surface area contributed by atoms with Gasteiger partial charge in [-0.2, -0.15) is 0 Å². The highest BCUT2D eigenvalue weighted by molar-refractivity contribution is 6.05. The number of nitrogens with zero attached hydrogens (tertiary/aromatic N) is 2. The molecular formula is C100H68N2. The molecule has 0 aromatic heterocycles. The third-order valence-corrected chi connectivity index (χ3v) is 20.2. The third kappa shape index (κ3) is 11.9. The van der Waals surface area contributed by atoms with Gasteiger partial charge in [0.25, 0.3) is 0 Å². The lowest BCUT2D eigenvalue weighted by Crippen LogP contribution is -2.10. The molecule has 102 heavy (non-hydrogen) atoms. The Labute approximate surface area is 595 Å². The lowest BCUT2D eigenvalue weighted by molar-refractivity contribution is 1.28. The summed E-state index contributed by atoms with van der Waals surface area (Å²) in [5.41, 5.74) is 27.7. The van der Waals surface area contributed by atoms with E-state index in [1.165, 1.54) is 110 Å². The summed E-state index contributed by atoms with van der Waals surface area (Å²) in [7, 11) is 0. The molecule has 18 aromatic rings. The molecule has 0 aliphatic rings. The monoisotopic (exact) mass is 1300 g/mol. The lowest BCUT2D eigenvalue weighted by atomic mass is 9.91. The second-order valence-electron chi connectivity index (χ2n) is 26.4. The highest BCUT2D eigenvalue weighted by atomic mass is 15.1. The third-order valence-electron chi connectivity index (χ3n) is 20.2. The summed E-state index contributed by atoms with van der Waals surface area (Å²) in [6.07, 6.45) is 0. The molecule has 0 saturated heterocycles. The molecule has 0 saturated carbocycles. The fourth-order valence-electron chi connectivity index (χ4n) is 15.1. The van der Waals surface area contributed by atoms with E-state index in [0.29, 0.717) is 0 Å². The SMILES string of the molecule is c1ccc(-c2ccc(-c3ccc(N(c4ccc(-c5cccc6ccccc56)cc4)c4cccc(-c5cccc6cc(-c7cc(-c8cccc(N(c9ccc(-c%10ccc(-c%11ccccc%11)cc%10)cc9)c9cccc(-c%10cccc%11ccccc%10%11)c9)c8)c8ccccc8c7)ccc56)c4)cc3)cc2)cc1. The number of rotatable bonds is 15. The summed E-state index contributed by atoms with van der Waals surface area (Å²) in [4.78, 5) is 4.80. The van der Waals surface area contributed by atoms with Crippen LogP contribution in [0.2, 0.25) is 0 Å². The number of fused-ring (bicyclic) bond motifs is 4. The zero-order chi connectivity index (χ0) is 67.7. The maximum Gasteiger partial charge on any atom is 0.0467 e. The molecule has 2 nitrogen and oxygen atoms in total. The van der Waals surface area contributed by atoms with Crippen LogP contribution in [0.15, 0.2) is 413 Å². The normalized spacial score (nSPS) is 11.3. The standard InChI is InChI=1S/C100H68N2/c1-3-19-69(20-4-1)71-41-45-73(46-42-71)75-49-56-87(57-50-75)101(88-60-53-79(54-61-88)95-38-16-26-77-23-7-10-35-93(77)95)90-32-13-29-84(65-90)97-40-18-31-82-63-80(55-62-99(82)97)86-64-81-25-9-12-37-98(81)100(68-86)85-30-15-34-92(67-85)102(91-33-14-28-83(66-91)96-39-17-27-78-24-8-11-36-94(78)96)89-58-51-76(52-59-89)74-47-43-72(44-48-74)70-21-5-2-6-22-70/h1-68H. The molecular weight excluding hydrogens is 1230 g/mol. The molecule has 0 heterocycles. The average molecular weight is 1300 g/mol. The summed E-state index contributed by atoms with van der Waals surface area (Å²) >= 11 is 0. The van der Waals surface area contributed by atoms with E-state index in [-0.39, 0.29) is 0 Å². The molecule has 0 spiro atoms. The Morgan fingerprint density at radius 1 is 0.118 bits per heavy atom. The van der Waals surface area contributed by atoms with Crippen molar-refractivity contribution in [3.8, 4) is 100 Å². The molecule has 18 rings (SSSR count). The first-order chi connectivity index (χ1) is 50.5. The molecule has 0 fully saturated rings. The Bertz CT molecular complexity index is 6070. The summed E-state index contributed by atoms with van der Waals surface area (Å²) in [5.74, 6) is 0. The zero-order valence-corrected chi connectivity index (χ0v) is 56.2. The van der Waals surface area contributed by atoms with E-state index in [4.69, 9.17) is 0 Å². The second kappa shape index (κ2) is 26.8. The molecule has 0 atom stereocenters. The van der Waals surface area contributed by atoms with Crippen LogP contribution in [0.4, 0.5) is 34.1 Å². The fraction of sp³-hybridized carbons (Fsp3) is 0. The number of anilines is 6. The average Bonchev–Trinajstić information content (AvgIpc) is 0.771. The number of benzene rings is 18. The minimum Gasteiger partial charge on any atom is -0.310 e. The Morgan fingerprint density at radius 2 is 0.382 bits per heavy atom. The van der Waals surface area contributed by atoms with E-state index in [1.807, 2.05) is 0 Å². The molecule has 0 bridgehead atoms. The van der Waals surface area contributed by atoms with Crippen LogP contribution in [-0.2, 0) is 0 Å². The van der Waals surface area contributed by atoms with E-state index in [1.54, 1.807) is 0 Å². The van der Waals surface area contributed by atoms with E-state index >= 15 is 0 Å². The second-order valence-corrected chi connectivity index (χ2v) is 26.4. The van der Waals surface area contributed by atoms with Gasteiger partial charge in [-0.15, -0.1) is 0 Å². The van der Waals surface area contributed by atoms with Gasteiger partial charge in [0.05, 0.1) is 0 Å².